The van der Waals surface area contributed by atoms with Gasteiger partial charge in [0.1, 0.15) is 23.1 Å². The summed E-state index contributed by atoms with van der Waals surface area (Å²) in [5.74, 6) is 0.335. The Balaban J connectivity index is 1.32. The number of anilines is 1. The third kappa shape index (κ3) is 4.42. The zero-order chi connectivity index (χ0) is 20.9. The number of nitrogens with zero attached hydrogens (tertiary/aromatic N) is 3. The zero-order valence-electron chi connectivity index (χ0n) is 16.7. The highest BCUT2D eigenvalue weighted by molar-refractivity contribution is 5.80. The van der Waals surface area contributed by atoms with Crippen LogP contribution in [0.4, 0.5) is 14.5 Å². The van der Waals surface area contributed by atoms with Gasteiger partial charge in [-0.3, -0.25) is 4.99 Å². The average Bonchev–Trinajstić information content (AvgIpc) is 3.41. The predicted octanol–water partition coefficient (Wildman–Crippen LogP) is 3.30. The van der Waals surface area contributed by atoms with Crippen molar-refractivity contribution in [3.63, 3.8) is 0 Å². The van der Waals surface area contributed by atoms with Crippen LogP contribution in [0.2, 0.25) is 0 Å². The van der Waals surface area contributed by atoms with Crippen LogP contribution in [0.5, 0.6) is 0 Å². The molecule has 1 aromatic heterocycles. The number of para-hydroxylation sites is 1. The standard InChI is InChI=1S/C22H24F2N6/c1-25-22(27-13-20-26-12-19(29-20)15-6-3-2-4-7-15)28-16-10-11-30(14-16)21-17(23)8-5-9-18(21)24/h2-9,12,16H,10-11,13-14H2,1H3,(H,26,29)(H2,25,27,28). The minimum absolute atomic E-state index is 0.0340. The van der Waals surface area contributed by atoms with Gasteiger partial charge in [-0.15, -0.1) is 0 Å². The molecule has 0 aliphatic carbocycles. The molecule has 4 rings (SSSR count). The van der Waals surface area contributed by atoms with Crippen LogP contribution < -0.4 is 15.5 Å². The second kappa shape index (κ2) is 8.94. The van der Waals surface area contributed by atoms with Crippen LogP contribution in [0, 0.1) is 11.6 Å². The van der Waals surface area contributed by atoms with Crippen molar-refractivity contribution in [2.24, 2.45) is 4.99 Å². The number of aromatic amines is 1. The molecule has 0 amide bonds. The molecule has 1 unspecified atom stereocenters. The van der Waals surface area contributed by atoms with E-state index in [0.717, 1.165) is 23.5 Å². The largest absolute Gasteiger partial charge is 0.365 e. The van der Waals surface area contributed by atoms with E-state index in [9.17, 15) is 8.78 Å². The van der Waals surface area contributed by atoms with Gasteiger partial charge in [0.25, 0.3) is 0 Å². The summed E-state index contributed by atoms with van der Waals surface area (Å²) in [6, 6.07) is 14.0. The van der Waals surface area contributed by atoms with Gasteiger partial charge in [-0.25, -0.2) is 13.8 Å². The van der Waals surface area contributed by atoms with Crippen molar-refractivity contribution in [2.45, 2.75) is 19.0 Å². The number of H-pyrrole nitrogens is 1. The number of hydrogen-bond donors (Lipinski definition) is 3. The number of aromatic nitrogens is 2. The van der Waals surface area contributed by atoms with Crippen molar-refractivity contribution in [2.75, 3.05) is 25.0 Å². The van der Waals surface area contributed by atoms with E-state index >= 15 is 0 Å². The Kier molecular flexibility index (Phi) is 5.92. The van der Waals surface area contributed by atoms with Crippen molar-refractivity contribution in [3.05, 3.63) is 72.2 Å². The number of nitrogens with one attached hydrogen (secondary N) is 3. The van der Waals surface area contributed by atoms with Crippen LogP contribution in [0.15, 0.2) is 59.7 Å². The molecule has 8 heteroatoms. The highest BCUT2D eigenvalue weighted by Gasteiger charge is 2.27. The Labute approximate surface area is 174 Å². The number of guanidine groups is 1. The van der Waals surface area contributed by atoms with E-state index in [-0.39, 0.29) is 11.7 Å². The summed E-state index contributed by atoms with van der Waals surface area (Å²) in [7, 11) is 1.69. The lowest BCUT2D eigenvalue weighted by molar-refractivity contribution is 0.575. The van der Waals surface area contributed by atoms with Crippen LogP contribution in [-0.4, -0.2) is 42.1 Å². The quantitative estimate of drug-likeness (QED) is 0.446. The molecule has 30 heavy (non-hydrogen) atoms. The monoisotopic (exact) mass is 410 g/mol. The molecular weight excluding hydrogens is 386 g/mol. The van der Waals surface area contributed by atoms with Crippen molar-refractivity contribution in [1.29, 1.82) is 0 Å². The minimum atomic E-state index is -0.537. The molecule has 1 aliphatic heterocycles. The lowest BCUT2D eigenvalue weighted by Gasteiger charge is -2.21. The van der Waals surface area contributed by atoms with Crippen molar-refractivity contribution in [3.8, 4) is 11.3 Å². The van der Waals surface area contributed by atoms with Gasteiger partial charge < -0.3 is 20.5 Å². The fourth-order valence-corrected chi connectivity index (χ4v) is 3.64. The van der Waals surface area contributed by atoms with Crippen LogP contribution in [0.1, 0.15) is 12.2 Å². The first-order valence-corrected chi connectivity index (χ1v) is 9.89. The molecule has 2 aromatic carbocycles. The maximum atomic E-state index is 14.0. The van der Waals surface area contributed by atoms with Gasteiger partial charge in [0, 0.05) is 26.2 Å². The smallest absolute Gasteiger partial charge is 0.191 e. The maximum absolute atomic E-state index is 14.0. The number of benzene rings is 2. The lowest BCUT2D eigenvalue weighted by atomic mass is 10.2. The Hall–Kier alpha value is -3.42. The predicted molar refractivity (Wildman–Crippen MR) is 114 cm³/mol. The molecule has 3 N–H and O–H groups in total. The summed E-state index contributed by atoms with van der Waals surface area (Å²) in [6.07, 6.45) is 2.56. The summed E-state index contributed by atoms with van der Waals surface area (Å²) in [5.41, 5.74) is 2.06. The molecule has 0 spiro atoms. The molecule has 156 valence electrons. The zero-order valence-corrected chi connectivity index (χ0v) is 16.7. The molecule has 0 radical (unpaired) electrons. The first-order valence-electron chi connectivity index (χ1n) is 9.89. The molecule has 6 nitrogen and oxygen atoms in total. The molecule has 1 atom stereocenters. The number of halogens is 2. The Morgan fingerprint density at radius 3 is 2.67 bits per heavy atom. The molecule has 3 aromatic rings. The first kappa shape index (κ1) is 19.9. The number of hydrogen-bond acceptors (Lipinski definition) is 3. The van der Waals surface area contributed by atoms with Gasteiger partial charge in [0.2, 0.25) is 0 Å². The Morgan fingerprint density at radius 2 is 1.93 bits per heavy atom. The van der Waals surface area contributed by atoms with Crippen molar-refractivity contribution in [1.82, 2.24) is 20.6 Å². The summed E-state index contributed by atoms with van der Waals surface area (Å²) in [5, 5.41) is 6.56. The number of aliphatic imine (C=N–C) groups is 1. The van der Waals surface area contributed by atoms with Gasteiger partial charge >= 0.3 is 0 Å². The van der Waals surface area contributed by atoms with Gasteiger partial charge in [-0.05, 0) is 24.1 Å². The Morgan fingerprint density at radius 1 is 1.17 bits per heavy atom. The van der Waals surface area contributed by atoms with Gasteiger partial charge in [-0.1, -0.05) is 36.4 Å². The number of rotatable bonds is 5. The summed E-state index contributed by atoms with van der Waals surface area (Å²) >= 11 is 0. The van der Waals surface area contributed by atoms with Gasteiger partial charge in [-0.2, -0.15) is 0 Å². The van der Waals surface area contributed by atoms with E-state index in [1.165, 1.54) is 18.2 Å². The van der Waals surface area contributed by atoms with E-state index in [2.05, 4.69) is 25.6 Å². The van der Waals surface area contributed by atoms with E-state index < -0.39 is 11.6 Å². The summed E-state index contributed by atoms with van der Waals surface area (Å²) in [4.78, 5) is 13.7. The van der Waals surface area contributed by atoms with Crippen molar-refractivity contribution >= 4 is 11.6 Å². The number of imidazole rings is 1. The third-order valence-corrected chi connectivity index (χ3v) is 5.14. The van der Waals surface area contributed by atoms with Gasteiger partial charge in [0.15, 0.2) is 5.96 Å². The van der Waals surface area contributed by atoms with E-state index in [0.29, 0.717) is 25.6 Å². The highest BCUT2D eigenvalue weighted by Crippen LogP contribution is 2.26. The molecule has 0 bridgehead atoms. The van der Waals surface area contributed by atoms with Crippen molar-refractivity contribution < 1.29 is 8.78 Å². The van der Waals surface area contributed by atoms with E-state index in [4.69, 9.17) is 0 Å². The lowest BCUT2D eigenvalue weighted by Crippen LogP contribution is -2.44. The Bertz CT molecular complexity index is 997. The molecule has 2 heterocycles. The van der Waals surface area contributed by atoms with Crippen LogP contribution in [-0.2, 0) is 6.54 Å². The van der Waals surface area contributed by atoms with E-state index in [1.807, 2.05) is 30.3 Å². The first-order chi connectivity index (χ1) is 14.6. The van der Waals surface area contributed by atoms with Crippen LogP contribution in [0.3, 0.4) is 0 Å². The topological polar surface area (TPSA) is 68.3 Å². The third-order valence-electron chi connectivity index (χ3n) is 5.14. The molecule has 1 fully saturated rings. The van der Waals surface area contributed by atoms with E-state index in [1.54, 1.807) is 18.1 Å². The van der Waals surface area contributed by atoms with Crippen LogP contribution in [0.25, 0.3) is 11.3 Å². The average molecular weight is 410 g/mol. The minimum Gasteiger partial charge on any atom is -0.365 e. The van der Waals surface area contributed by atoms with Crippen LogP contribution >= 0.6 is 0 Å². The SMILES string of the molecule is CN=C(NCc1ncc(-c2ccccc2)[nH]1)NC1CCN(c2c(F)cccc2F)C1. The normalized spacial score (nSPS) is 16.7. The molecule has 1 saturated heterocycles. The maximum Gasteiger partial charge on any atom is 0.191 e. The summed E-state index contributed by atoms with van der Waals surface area (Å²) < 4.78 is 28.1. The molecule has 1 aliphatic rings. The second-order valence-corrected chi connectivity index (χ2v) is 7.18. The van der Waals surface area contributed by atoms with Gasteiger partial charge in [0.05, 0.1) is 18.4 Å². The summed E-state index contributed by atoms with van der Waals surface area (Å²) in [6.45, 7) is 1.55. The molecule has 0 saturated carbocycles. The fraction of sp³-hybridized carbons (Fsp3) is 0.273. The molecular formula is C22H24F2N6. The fourth-order valence-electron chi connectivity index (χ4n) is 3.64. The highest BCUT2D eigenvalue weighted by atomic mass is 19.1. The second-order valence-electron chi connectivity index (χ2n) is 7.18.